The number of benzene rings is 1. The number of fused-ring (bicyclic) bond motifs is 1. The Bertz CT molecular complexity index is 1160. The van der Waals surface area contributed by atoms with Gasteiger partial charge in [0.2, 0.25) is 0 Å². The Morgan fingerprint density at radius 2 is 2.00 bits per heavy atom. The largest absolute Gasteiger partial charge is 0.379 e. The van der Waals surface area contributed by atoms with Crippen LogP contribution in [0.2, 0.25) is 5.02 Å². The summed E-state index contributed by atoms with van der Waals surface area (Å²) in [6.07, 6.45) is 5.34. The van der Waals surface area contributed by atoms with Crippen molar-refractivity contribution in [2.75, 3.05) is 10.0 Å². The highest BCUT2D eigenvalue weighted by atomic mass is 35.5. The van der Waals surface area contributed by atoms with Crippen molar-refractivity contribution in [2.45, 2.75) is 44.6 Å². The molecule has 0 saturated heterocycles. The lowest BCUT2D eigenvalue weighted by Crippen LogP contribution is -2.35. The van der Waals surface area contributed by atoms with Crippen LogP contribution in [0.15, 0.2) is 47.6 Å². The van der Waals surface area contributed by atoms with Crippen molar-refractivity contribution < 1.29 is 9.00 Å². The molecule has 3 atom stereocenters. The lowest BCUT2D eigenvalue weighted by Gasteiger charge is -2.33. The molecule has 1 aliphatic rings. The molecule has 4 N–H and O–H groups in total. The SMILES string of the molecule is C[C@H]1CC[C@@H](Nc2c(C(N)=O)cnn3cc(NS(=O)c4ccc(Cl)cc4)cc23)C1(C)C. The zero-order valence-corrected chi connectivity index (χ0v) is 19.3. The molecular formula is C22H26ClN5O2S. The predicted molar refractivity (Wildman–Crippen MR) is 125 cm³/mol. The van der Waals surface area contributed by atoms with Crippen LogP contribution in [0.4, 0.5) is 11.4 Å². The molecule has 4 rings (SSSR count). The van der Waals surface area contributed by atoms with Crippen LogP contribution < -0.4 is 15.8 Å². The van der Waals surface area contributed by atoms with Crippen molar-refractivity contribution in [3.05, 3.63) is 53.3 Å². The second-order valence-electron chi connectivity index (χ2n) is 8.68. The molecular weight excluding hydrogens is 434 g/mol. The maximum Gasteiger partial charge on any atom is 0.252 e. The van der Waals surface area contributed by atoms with E-state index in [0.29, 0.717) is 38.3 Å². The lowest BCUT2D eigenvalue weighted by molar-refractivity contribution is 0.100. The van der Waals surface area contributed by atoms with Crippen molar-refractivity contribution in [3.63, 3.8) is 0 Å². The average molecular weight is 460 g/mol. The molecule has 1 aliphatic carbocycles. The van der Waals surface area contributed by atoms with Crippen LogP contribution in [-0.4, -0.2) is 25.8 Å². The fourth-order valence-electron chi connectivity index (χ4n) is 4.11. The van der Waals surface area contributed by atoms with E-state index in [2.05, 4.69) is 35.9 Å². The van der Waals surface area contributed by atoms with Crippen molar-refractivity contribution in [1.82, 2.24) is 9.61 Å². The van der Waals surface area contributed by atoms with E-state index in [-0.39, 0.29) is 11.5 Å². The second-order valence-corrected chi connectivity index (χ2v) is 10.3. The van der Waals surface area contributed by atoms with E-state index >= 15 is 0 Å². The van der Waals surface area contributed by atoms with Gasteiger partial charge in [-0.15, -0.1) is 0 Å². The van der Waals surface area contributed by atoms with Gasteiger partial charge in [-0.25, -0.2) is 8.72 Å². The van der Waals surface area contributed by atoms with Gasteiger partial charge in [-0.05, 0) is 54.5 Å². The Kier molecular flexibility index (Phi) is 5.70. The highest BCUT2D eigenvalue weighted by molar-refractivity contribution is 7.86. The highest BCUT2D eigenvalue weighted by Crippen LogP contribution is 2.44. The first-order chi connectivity index (χ1) is 14.7. The Labute approximate surface area is 188 Å². The first-order valence-electron chi connectivity index (χ1n) is 10.2. The van der Waals surface area contributed by atoms with E-state index in [0.717, 1.165) is 12.8 Å². The summed E-state index contributed by atoms with van der Waals surface area (Å²) >= 11 is 5.91. The van der Waals surface area contributed by atoms with E-state index in [1.165, 1.54) is 6.20 Å². The maximum atomic E-state index is 12.7. The second kappa shape index (κ2) is 8.16. The molecule has 9 heteroatoms. The molecule has 1 unspecified atom stereocenters. The number of aromatic nitrogens is 2. The zero-order valence-electron chi connectivity index (χ0n) is 17.7. The van der Waals surface area contributed by atoms with Gasteiger partial charge >= 0.3 is 0 Å². The normalized spacial score (nSPS) is 21.2. The fourth-order valence-corrected chi connectivity index (χ4v) is 5.06. The minimum Gasteiger partial charge on any atom is -0.379 e. The van der Waals surface area contributed by atoms with E-state index in [4.69, 9.17) is 17.3 Å². The number of carbonyl (C=O) groups is 1. The molecule has 0 radical (unpaired) electrons. The molecule has 1 aromatic carbocycles. The summed E-state index contributed by atoms with van der Waals surface area (Å²) in [5.74, 6) is 0.0208. The summed E-state index contributed by atoms with van der Waals surface area (Å²) in [6, 6.07) is 8.82. The van der Waals surface area contributed by atoms with E-state index in [9.17, 15) is 9.00 Å². The Hall–Kier alpha value is -2.58. The molecule has 7 nitrogen and oxygen atoms in total. The number of hydrogen-bond acceptors (Lipinski definition) is 4. The van der Waals surface area contributed by atoms with Gasteiger partial charge in [0.05, 0.1) is 39.7 Å². The number of anilines is 2. The third-order valence-electron chi connectivity index (χ3n) is 6.52. The predicted octanol–water partition coefficient (Wildman–Crippen LogP) is 4.46. The summed E-state index contributed by atoms with van der Waals surface area (Å²) in [6.45, 7) is 6.74. The third-order valence-corrected chi connectivity index (χ3v) is 7.89. The molecule has 0 aliphatic heterocycles. The van der Waals surface area contributed by atoms with Crippen LogP contribution in [0.3, 0.4) is 0 Å². The Morgan fingerprint density at radius 3 is 2.61 bits per heavy atom. The van der Waals surface area contributed by atoms with Gasteiger partial charge in [0.1, 0.15) is 11.0 Å². The summed E-state index contributed by atoms with van der Waals surface area (Å²) in [4.78, 5) is 12.7. The van der Waals surface area contributed by atoms with Crippen LogP contribution in [0.5, 0.6) is 0 Å². The number of rotatable bonds is 6. The lowest BCUT2D eigenvalue weighted by atomic mass is 9.80. The number of hydrogen-bond donors (Lipinski definition) is 3. The number of halogens is 1. The minimum atomic E-state index is -1.47. The molecule has 1 amide bonds. The molecule has 31 heavy (non-hydrogen) atoms. The maximum absolute atomic E-state index is 12.7. The van der Waals surface area contributed by atoms with Crippen molar-refractivity contribution in [3.8, 4) is 0 Å². The standard InChI is InChI=1S/C22H26ClN5O2S/c1-13-4-9-19(22(13,2)3)26-20-17(21(24)29)11-25-28-12-15(10-18(20)28)27-31(30)16-7-5-14(23)6-8-16/h5-8,10-13,19,26-27H,4,9H2,1-3H3,(H2,24,29)/t13-,19+,31?/m0/s1. The topological polar surface area (TPSA) is 102 Å². The third kappa shape index (κ3) is 4.14. The van der Waals surface area contributed by atoms with E-state index in [1.807, 2.05) is 6.07 Å². The van der Waals surface area contributed by atoms with Crippen LogP contribution in [0.25, 0.3) is 5.52 Å². The molecule has 0 spiro atoms. The van der Waals surface area contributed by atoms with Crippen LogP contribution >= 0.6 is 11.6 Å². The highest BCUT2D eigenvalue weighted by Gasteiger charge is 2.41. The number of nitrogens with one attached hydrogen (secondary N) is 2. The minimum absolute atomic E-state index is 0.0684. The van der Waals surface area contributed by atoms with Crippen LogP contribution in [0.1, 0.15) is 44.0 Å². The molecule has 0 bridgehead atoms. The van der Waals surface area contributed by atoms with Crippen molar-refractivity contribution in [2.24, 2.45) is 17.1 Å². The molecule has 2 aromatic heterocycles. The summed E-state index contributed by atoms with van der Waals surface area (Å²) in [5.41, 5.74) is 8.02. The Balaban J connectivity index is 1.68. The molecule has 3 aromatic rings. The van der Waals surface area contributed by atoms with Gasteiger partial charge in [-0.1, -0.05) is 32.4 Å². The number of nitrogens with two attached hydrogens (primary N) is 1. The fraction of sp³-hybridized carbons (Fsp3) is 0.364. The smallest absolute Gasteiger partial charge is 0.252 e. The number of amides is 1. The molecule has 1 saturated carbocycles. The average Bonchev–Trinajstić information content (AvgIpc) is 3.23. The monoisotopic (exact) mass is 459 g/mol. The number of nitrogens with zero attached hydrogens (tertiary/aromatic N) is 2. The quantitative estimate of drug-likeness (QED) is 0.506. The molecule has 164 valence electrons. The number of primary amides is 1. The van der Waals surface area contributed by atoms with Crippen molar-refractivity contribution in [1.29, 1.82) is 0 Å². The van der Waals surface area contributed by atoms with Crippen LogP contribution in [0, 0.1) is 11.3 Å². The Morgan fingerprint density at radius 1 is 1.29 bits per heavy atom. The van der Waals surface area contributed by atoms with Crippen LogP contribution in [-0.2, 0) is 11.0 Å². The zero-order chi connectivity index (χ0) is 22.3. The van der Waals surface area contributed by atoms with E-state index in [1.54, 1.807) is 35.0 Å². The summed E-state index contributed by atoms with van der Waals surface area (Å²) in [5, 5.41) is 8.48. The van der Waals surface area contributed by atoms with Gasteiger partial charge in [0, 0.05) is 11.1 Å². The van der Waals surface area contributed by atoms with Gasteiger partial charge in [0.25, 0.3) is 5.91 Å². The van der Waals surface area contributed by atoms with Gasteiger partial charge in [0.15, 0.2) is 0 Å². The first kappa shape index (κ1) is 21.6. The molecule has 1 fully saturated rings. The molecule has 2 heterocycles. The van der Waals surface area contributed by atoms with Crippen molar-refractivity contribution >= 4 is 45.4 Å². The van der Waals surface area contributed by atoms with Gasteiger partial charge < -0.3 is 11.1 Å². The number of carbonyl (C=O) groups excluding carboxylic acids is 1. The first-order valence-corrected chi connectivity index (χ1v) is 11.7. The summed E-state index contributed by atoms with van der Waals surface area (Å²) < 4.78 is 17.3. The van der Waals surface area contributed by atoms with Gasteiger partial charge in [-0.2, -0.15) is 5.10 Å². The van der Waals surface area contributed by atoms with E-state index < -0.39 is 16.9 Å². The summed E-state index contributed by atoms with van der Waals surface area (Å²) in [7, 11) is -1.47. The van der Waals surface area contributed by atoms with Gasteiger partial charge in [-0.3, -0.25) is 9.52 Å².